The molecule has 2 N–H and O–H groups in total. The number of piperidine rings is 1. The molecule has 0 bridgehead atoms. The molecular weight excluding hydrogens is 442 g/mol. The molecule has 0 radical (unpaired) electrons. The maximum absolute atomic E-state index is 13.2. The van der Waals surface area contributed by atoms with E-state index in [1.165, 1.54) is 19.0 Å². The monoisotopic (exact) mass is 468 g/mol. The summed E-state index contributed by atoms with van der Waals surface area (Å²) < 4.78 is 13.2. The molecule has 0 spiro atoms. The fraction of sp³-hybridized carbons (Fsp3) is 0.588. The molecular formula is C17H27ClFIN4. The lowest BCUT2D eigenvalue weighted by Crippen LogP contribution is -2.48. The van der Waals surface area contributed by atoms with Gasteiger partial charge in [-0.2, -0.15) is 0 Å². The van der Waals surface area contributed by atoms with Gasteiger partial charge in [-0.25, -0.2) is 4.39 Å². The first-order valence-corrected chi connectivity index (χ1v) is 8.63. The Morgan fingerprint density at radius 1 is 1.38 bits per heavy atom. The second-order valence-electron chi connectivity index (χ2n) is 5.93. The molecule has 0 aromatic heterocycles. The molecule has 4 nitrogen and oxygen atoms in total. The quantitative estimate of drug-likeness (QED) is 0.394. The summed E-state index contributed by atoms with van der Waals surface area (Å²) in [5.41, 5.74) is 0.928. The largest absolute Gasteiger partial charge is 0.354 e. The summed E-state index contributed by atoms with van der Waals surface area (Å²) in [6, 6.07) is 5.20. The summed E-state index contributed by atoms with van der Waals surface area (Å²) in [5.74, 6) is 0.385. The number of hydrogen-bond acceptors (Lipinski definition) is 2. The van der Waals surface area contributed by atoms with Crippen molar-refractivity contribution in [2.45, 2.75) is 38.8 Å². The van der Waals surface area contributed by atoms with Crippen LogP contribution in [0.4, 0.5) is 4.39 Å². The Balaban J connectivity index is 0.00000288. The van der Waals surface area contributed by atoms with E-state index in [0.717, 1.165) is 37.5 Å². The van der Waals surface area contributed by atoms with Gasteiger partial charge >= 0.3 is 0 Å². The van der Waals surface area contributed by atoms with Crippen LogP contribution in [0.3, 0.4) is 0 Å². The molecule has 1 heterocycles. The van der Waals surface area contributed by atoms with Gasteiger partial charge < -0.3 is 15.5 Å². The maximum atomic E-state index is 13.2. The van der Waals surface area contributed by atoms with Crippen molar-refractivity contribution in [3.05, 3.63) is 34.6 Å². The number of halogens is 3. The van der Waals surface area contributed by atoms with Gasteiger partial charge in [0.15, 0.2) is 5.96 Å². The zero-order chi connectivity index (χ0) is 16.7. The molecule has 24 heavy (non-hydrogen) atoms. The number of rotatable bonds is 5. The Morgan fingerprint density at radius 2 is 2.08 bits per heavy atom. The average molecular weight is 469 g/mol. The minimum atomic E-state index is -0.392. The SMILES string of the molecule is CCCN1CCC(NC(=NC)NCc2ccc(F)c(Cl)c2)CC1.I. The predicted octanol–water partition coefficient (Wildman–Crippen LogP) is 3.64. The maximum Gasteiger partial charge on any atom is 0.191 e. The minimum Gasteiger partial charge on any atom is -0.354 e. The number of nitrogens with one attached hydrogen (secondary N) is 2. The second-order valence-corrected chi connectivity index (χ2v) is 6.34. The molecule has 1 aromatic carbocycles. The van der Waals surface area contributed by atoms with E-state index in [4.69, 9.17) is 11.6 Å². The summed E-state index contributed by atoms with van der Waals surface area (Å²) in [7, 11) is 1.76. The summed E-state index contributed by atoms with van der Waals surface area (Å²) in [6.07, 6.45) is 3.47. The van der Waals surface area contributed by atoms with E-state index in [0.29, 0.717) is 12.6 Å². The van der Waals surface area contributed by atoms with Crippen LogP contribution in [-0.2, 0) is 6.54 Å². The minimum absolute atomic E-state index is 0. The molecule has 0 unspecified atom stereocenters. The van der Waals surface area contributed by atoms with Gasteiger partial charge in [-0.05, 0) is 43.5 Å². The van der Waals surface area contributed by atoms with Gasteiger partial charge in [-0.1, -0.05) is 24.6 Å². The lowest BCUT2D eigenvalue weighted by Gasteiger charge is -2.32. The third-order valence-corrected chi connectivity index (χ3v) is 4.43. The van der Waals surface area contributed by atoms with Crippen molar-refractivity contribution >= 4 is 41.5 Å². The van der Waals surface area contributed by atoms with Crippen molar-refractivity contribution in [1.29, 1.82) is 0 Å². The first kappa shape index (κ1) is 21.4. The summed E-state index contributed by atoms with van der Waals surface area (Å²) in [5, 5.41) is 6.88. The van der Waals surface area contributed by atoms with Gasteiger partial charge in [0.05, 0.1) is 5.02 Å². The van der Waals surface area contributed by atoms with Crippen LogP contribution in [0.25, 0.3) is 0 Å². The average Bonchev–Trinajstić information content (AvgIpc) is 2.56. The molecule has 1 aliphatic heterocycles. The van der Waals surface area contributed by atoms with Crippen LogP contribution in [-0.4, -0.2) is 43.6 Å². The van der Waals surface area contributed by atoms with Crippen molar-refractivity contribution in [2.75, 3.05) is 26.7 Å². The van der Waals surface area contributed by atoms with E-state index in [9.17, 15) is 4.39 Å². The van der Waals surface area contributed by atoms with Crippen LogP contribution in [0, 0.1) is 5.82 Å². The Labute approximate surface area is 166 Å². The number of likely N-dealkylation sites (tertiary alicyclic amines) is 1. The molecule has 1 aromatic rings. The Hall–Kier alpha value is -0.600. The Morgan fingerprint density at radius 3 is 2.67 bits per heavy atom. The first-order valence-electron chi connectivity index (χ1n) is 8.25. The zero-order valence-corrected chi connectivity index (χ0v) is 17.4. The molecule has 7 heteroatoms. The number of hydrogen-bond donors (Lipinski definition) is 2. The van der Waals surface area contributed by atoms with E-state index in [1.54, 1.807) is 19.2 Å². The normalized spacial score (nSPS) is 16.6. The van der Waals surface area contributed by atoms with Crippen LogP contribution in [0.5, 0.6) is 0 Å². The van der Waals surface area contributed by atoms with E-state index in [1.807, 2.05) is 0 Å². The highest BCUT2D eigenvalue weighted by molar-refractivity contribution is 14.0. The van der Waals surface area contributed by atoms with Crippen LogP contribution in [0.15, 0.2) is 23.2 Å². The van der Waals surface area contributed by atoms with Crippen LogP contribution in [0.1, 0.15) is 31.7 Å². The van der Waals surface area contributed by atoms with Crippen LogP contribution < -0.4 is 10.6 Å². The van der Waals surface area contributed by atoms with Crippen molar-refractivity contribution in [3.8, 4) is 0 Å². The fourth-order valence-corrected chi connectivity index (χ4v) is 3.04. The van der Waals surface area contributed by atoms with Crippen LogP contribution in [0.2, 0.25) is 5.02 Å². The molecule has 1 fully saturated rings. The second kappa shape index (κ2) is 11.1. The predicted molar refractivity (Wildman–Crippen MR) is 110 cm³/mol. The van der Waals surface area contributed by atoms with Crippen molar-refractivity contribution in [2.24, 2.45) is 4.99 Å². The lowest BCUT2D eigenvalue weighted by molar-refractivity contribution is 0.206. The highest BCUT2D eigenvalue weighted by Crippen LogP contribution is 2.16. The van der Waals surface area contributed by atoms with Crippen molar-refractivity contribution < 1.29 is 4.39 Å². The molecule has 0 saturated carbocycles. The van der Waals surface area contributed by atoms with Crippen molar-refractivity contribution in [3.63, 3.8) is 0 Å². The van der Waals surface area contributed by atoms with Crippen LogP contribution >= 0.6 is 35.6 Å². The van der Waals surface area contributed by atoms with E-state index < -0.39 is 5.82 Å². The van der Waals surface area contributed by atoms with E-state index in [-0.39, 0.29) is 29.0 Å². The summed E-state index contributed by atoms with van der Waals surface area (Å²) in [6.45, 7) is 6.24. The molecule has 0 atom stereocenters. The zero-order valence-electron chi connectivity index (χ0n) is 14.3. The fourth-order valence-electron chi connectivity index (χ4n) is 2.84. The van der Waals surface area contributed by atoms with Gasteiger partial charge in [0.25, 0.3) is 0 Å². The van der Waals surface area contributed by atoms with Gasteiger partial charge in [0.2, 0.25) is 0 Å². The molecule has 0 aliphatic carbocycles. The number of nitrogens with zero attached hydrogens (tertiary/aromatic N) is 2. The Bertz CT molecular complexity index is 533. The van der Waals surface area contributed by atoms with Gasteiger partial charge in [-0.3, -0.25) is 4.99 Å². The van der Waals surface area contributed by atoms with Gasteiger partial charge in [-0.15, -0.1) is 24.0 Å². The van der Waals surface area contributed by atoms with Gasteiger partial charge in [0.1, 0.15) is 5.82 Å². The summed E-state index contributed by atoms with van der Waals surface area (Å²) >= 11 is 5.80. The lowest BCUT2D eigenvalue weighted by atomic mass is 10.1. The number of benzene rings is 1. The highest BCUT2D eigenvalue weighted by atomic mass is 127. The van der Waals surface area contributed by atoms with Crippen molar-refractivity contribution in [1.82, 2.24) is 15.5 Å². The molecule has 1 saturated heterocycles. The first-order chi connectivity index (χ1) is 11.1. The molecule has 1 aliphatic rings. The standard InChI is InChI=1S/C17H26ClFN4.HI/c1-3-8-23-9-6-14(7-10-23)22-17(20-2)21-12-13-4-5-16(19)15(18)11-13;/h4-5,11,14H,3,6-10,12H2,1-2H3,(H2,20,21,22);1H. The summed E-state index contributed by atoms with van der Waals surface area (Å²) in [4.78, 5) is 6.78. The Kier molecular flexibility index (Phi) is 9.92. The van der Waals surface area contributed by atoms with E-state index in [2.05, 4.69) is 27.4 Å². The molecule has 0 amide bonds. The third kappa shape index (κ3) is 6.72. The van der Waals surface area contributed by atoms with E-state index >= 15 is 0 Å². The number of guanidine groups is 1. The number of aliphatic imine (C=N–C) groups is 1. The third-order valence-electron chi connectivity index (χ3n) is 4.14. The highest BCUT2D eigenvalue weighted by Gasteiger charge is 2.19. The van der Waals surface area contributed by atoms with Gasteiger partial charge in [0, 0.05) is 32.7 Å². The molecule has 136 valence electrons. The molecule has 2 rings (SSSR count). The smallest absolute Gasteiger partial charge is 0.191 e. The topological polar surface area (TPSA) is 39.7 Å².